The van der Waals surface area contributed by atoms with Crippen molar-refractivity contribution in [3.8, 4) is 0 Å². The Bertz CT molecular complexity index is 1190. The fourth-order valence-electron chi connectivity index (χ4n) is 3.28. The Kier molecular flexibility index (Phi) is 6.21. The summed E-state index contributed by atoms with van der Waals surface area (Å²) < 4.78 is 57.5. The van der Waals surface area contributed by atoms with Crippen LogP contribution in [0, 0.1) is 32.4 Å². The maximum atomic E-state index is 14.7. The van der Waals surface area contributed by atoms with E-state index in [4.69, 9.17) is 11.6 Å². The van der Waals surface area contributed by atoms with Crippen molar-refractivity contribution in [2.24, 2.45) is 0 Å². The fourth-order valence-corrected chi connectivity index (χ4v) is 4.85. The quantitative estimate of drug-likeness (QED) is 0.587. The monoisotopic (exact) mass is 455 g/mol. The second kappa shape index (κ2) is 8.37. The molecule has 0 amide bonds. The predicted octanol–water partition coefficient (Wildman–Crippen LogP) is 3.88. The molecule has 0 unspecified atom stereocenters. The molecule has 0 aliphatic rings. The number of aryl methyl sites for hydroxylation is 2. The zero-order valence-corrected chi connectivity index (χ0v) is 18.2. The van der Waals surface area contributed by atoms with Gasteiger partial charge in [-0.1, -0.05) is 29.8 Å². The Morgan fingerprint density at radius 3 is 2.43 bits per heavy atom. The molecule has 0 radical (unpaired) electrons. The smallest absolute Gasteiger partial charge is 0.207 e. The van der Waals surface area contributed by atoms with Crippen LogP contribution in [0.3, 0.4) is 0 Å². The highest BCUT2D eigenvalue weighted by atomic mass is 35.5. The van der Waals surface area contributed by atoms with Crippen molar-refractivity contribution in [2.45, 2.75) is 44.6 Å². The molecule has 11 heteroatoms. The van der Waals surface area contributed by atoms with Crippen molar-refractivity contribution >= 4 is 21.6 Å². The summed E-state index contributed by atoms with van der Waals surface area (Å²) in [6, 6.07) is 3.91. The lowest BCUT2D eigenvalue weighted by Crippen LogP contribution is -2.34. The van der Waals surface area contributed by atoms with Crippen LogP contribution in [0.5, 0.6) is 0 Å². The third kappa shape index (κ3) is 4.21. The van der Waals surface area contributed by atoms with E-state index in [0.717, 1.165) is 17.7 Å². The molecule has 3 rings (SSSR count). The second-order valence-corrected chi connectivity index (χ2v) is 9.18. The van der Waals surface area contributed by atoms with E-state index < -0.39 is 38.5 Å². The first kappa shape index (κ1) is 22.3. The highest BCUT2D eigenvalue weighted by molar-refractivity contribution is 7.89. The molecule has 0 saturated carbocycles. The van der Waals surface area contributed by atoms with Gasteiger partial charge in [0.1, 0.15) is 16.5 Å². The minimum Gasteiger partial charge on any atom is -0.207 e. The molecule has 2 atom stereocenters. The van der Waals surface area contributed by atoms with E-state index in [2.05, 4.69) is 25.3 Å². The molecule has 2 aromatic carbocycles. The summed E-state index contributed by atoms with van der Waals surface area (Å²) in [5, 5.41) is 13.6. The number of tetrazole rings is 1. The Morgan fingerprint density at radius 2 is 1.80 bits per heavy atom. The van der Waals surface area contributed by atoms with Gasteiger partial charge >= 0.3 is 0 Å². The van der Waals surface area contributed by atoms with Crippen LogP contribution < -0.4 is 4.72 Å². The van der Waals surface area contributed by atoms with Crippen LogP contribution in [-0.2, 0) is 10.0 Å². The van der Waals surface area contributed by atoms with Crippen molar-refractivity contribution in [1.82, 2.24) is 25.3 Å². The predicted molar refractivity (Wildman–Crippen MR) is 108 cm³/mol. The van der Waals surface area contributed by atoms with Crippen molar-refractivity contribution in [1.29, 1.82) is 0 Å². The standard InChI is InChI=1S/C19H20ClF2N5O2S/c1-9-5-6-14(21)17(11(9)3)12(4)18(19-23-26-27-24-19)25-30(28,29)16-7-10(2)13(20)8-15(16)22/h5-8,12,18,25H,1-4H3,(H,23,24,26,27)/t12-,18+/m1/s1. The lowest BCUT2D eigenvalue weighted by atomic mass is 9.88. The maximum Gasteiger partial charge on any atom is 0.244 e. The first-order chi connectivity index (χ1) is 14.0. The van der Waals surface area contributed by atoms with E-state index in [1.165, 1.54) is 6.07 Å². The Morgan fingerprint density at radius 1 is 1.10 bits per heavy atom. The average Bonchev–Trinajstić information content (AvgIpc) is 3.20. The van der Waals surface area contributed by atoms with Crippen LogP contribution in [0.1, 0.15) is 47.0 Å². The summed E-state index contributed by atoms with van der Waals surface area (Å²) in [5.74, 6) is -2.23. The SMILES string of the molecule is Cc1cc(S(=O)(=O)N[C@H](c2nn[nH]n2)[C@H](C)c2c(F)ccc(C)c2C)c(F)cc1Cl. The molecule has 0 aliphatic heterocycles. The van der Waals surface area contributed by atoms with Gasteiger partial charge in [-0.25, -0.2) is 17.2 Å². The molecular weight excluding hydrogens is 436 g/mol. The van der Waals surface area contributed by atoms with E-state index in [-0.39, 0.29) is 10.8 Å². The molecule has 30 heavy (non-hydrogen) atoms. The van der Waals surface area contributed by atoms with Crippen LogP contribution in [0.4, 0.5) is 8.78 Å². The summed E-state index contributed by atoms with van der Waals surface area (Å²) in [4.78, 5) is -0.577. The average molecular weight is 456 g/mol. The fraction of sp³-hybridized carbons (Fsp3) is 0.316. The van der Waals surface area contributed by atoms with Gasteiger partial charge in [-0.3, -0.25) is 0 Å². The van der Waals surface area contributed by atoms with Gasteiger partial charge in [0.05, 0.1) is 6.04 Å². The Hall–Kier alpha value is -2.43. The number of rotatable bonds is 6. The zero-order valence-electron chi connectivity index (χ0n) is 16.7. The minimum absolute atomic E-state index is 0.00234. The summed E-state index contributed by atoms with van der Waals surface area (Å²) in [6.45, 7) is 6.77. The third-order valence-corrected chi connectivity index (χ3v) is 6.98. The number of halogens is 3. The lowest BCUT2D eigenvalue weighted by Gasteiger charge is -2.25. The number of H-pyrrole nitrogens is 1. The molecule has 0 fully saturated rings. The van der Waals surface area contributed by atoms with Crippen LogP contribution in [0.2, 0.25) is 5.02 Å². The number of hydrogen-bond acceptors (Lipinski definition) is 5. The Labute approximate surface area is 177 Å². The van der Waals surface area contributed by atoms with Gasteiger partial charge in [-0.05, 0) is 61.2 Å². The molecule has 7 nitrogen and oxygen atoms in total. The van der Waals surface area contributed by atoms with Crippen LogP contribution in [0.15, 0.2) is 29.2 Å². The van der Waals surface area contributed by atoms with Gasteiger partial charge in [0.2, 0.25) is 10.0 Å². The van der Waals surface area contributed by atoms with E-state index in [1.807, 2.05) is 6.92 Å². The molecule has 0 spiro atoms. The van der Waals surface area contributed by atoms with Gasteiger partial charge in [0.15, 0.2) is 5.82 Å². The topological polar surface area (TPSA) is 101 Å². The normalized spacial score (nSPS) is 14.0. The number of aromatic amines is 1. The zero-order chi connectivity index (χ0) is 22.2. The highest BCUT2D eigenvalue weighted by Crippen LogP contribution is 2.35. The summed E-state index contributed by atoms with van der Waals surface area (Å²) in [5.41, 5.74) is 2.21. The largest absolute Gasteiger partial charge is 0.244 e. The molecule has 2 N–H and O–H groups in total. The van der Waals surface area contributed by atoms with Crippen molar-refractivity contribution in [3.63, 3.8) is 0 Å². The van der Waals surface area contributed by atoms with E-state index >= 15 is 0 Å². The van der Waals surface area contributed by atoms with Gasteiger partial charge < -0.3 is 0 Å². The van der Waals surface area contributed by atoms with Gasteiger partial charge in [0.25, 0.3) is 0 Å². The van der Waals surface area contributed by atoms with Gasteiger partial charge in [-0.2, -0.15) is 9.94 Å². The number of hydrogen-bond donors (Lipinski definition) is 2. The van der Waals surface area contributed by atoms with Crippen molar-refractivity contribution < 1.29 is 17.2 Å². The van der Waals surface area contributed by atoms with Gasteiger partial charge in [-0.15, -0.1) is 10.2 Å². The summed E-state index contributed by atoms with van der Waals surface area (Å²) in [6.07, 6.45) is 0. The number of aromatic nitrogens is 4. The van der Waals surface area contributed by atoms with Crippen molar-refractivity contribution in [3.05, 3.63) is 69.0 Å². The minimum atomic E-state index is -4.37. The molecule has 1 heterocycles. The third-order valence-electron chi connectivity index (χ3n) is 5.11. The molecule has 0 bridgehead atoms. The lowest BCUT2D eigenvalue weighted by molar-refractivity contribution is 0.475. The van der Waals surface area contributed by atoms with Gasteiger partial charge in [0, 0.05) is 10.9 Å². The first-order valence-corrected chi connectivity index (χ1v) is 10.9. The highest BCUT2D eigenvalue weighted by Gasteiger charge is 2.33. The van der Waals surface area contributed by atoms with E-state index in [9.17, 15) is 17.2 Å². The summed E-state index contributed by atoms with van der Waals surface area (Å²) >= 11 is 5.87. The number of benzene rings is 2. The van der Waals surface area contributed by atoms with E-state index in [0.29, 0.717) is 16.7 Å². The summed E-state index contributed by atoms with van der Waals surface area (Å²) in [7, 11) is -4.37. The second-order valence-electron chi connectivity index (χ2n) is 7.09. The molecular formula is C19H20ClF2N5O2S. The van der Waals surface area contributed by atoms with Crippen LogP contribution >= 0.6 is 11.6 Å². The van der Waals surface area contributed by atoms with Crippen molar-refractivity contribution in [2.75, 3.05) is 0 Å². The number of nitrogens with zero attached hydrogens (tertiary/aromatic N) is 3. The number of nitrogens with one attached hydrogen (secondary N) is 2. The molecule has 0 aliphatic carbocycles. The maximum absolute atomic E-state index is 14.7. The molecule has 160 valence electrons. The molecule has 0 saturated heterocycles. The Balaban J connectivity index is 2.09. The first-order valence-electron chi connectivity index (χ1n) is 9.00. The molecule has 1 aromatic heterocycles. The molecule has 3 aromatic rings. The van der Waals surface area contributed by atoms with E-state index in [1.54, 1.807) is 26.8 Å². The van der Waals surface area contributed by atoms with Crippen LogP contribution in [0.25, 0.3) is 0 Å². The number of sulfonamides is 1. The van der Waals surface area contributed by atoms with Crippen LogP contribution in [-0.4, -0.2) is 29.0 Å².